The molecule has 1 atom stereocenters. The predicted molar refractivity (Wildman–Crippen MR) is 127 cm³/mol. The molecule has 2 N–H and O–H groups in total. The number of ether oxygens (including phenoxy) is 1. The summed E-state index contributed by atoms with van der Waals surface area (Å²) >= 11 is 0. The van der Waals surface area contributed by atoms with Crippen molar-refractivity contribution in [2.24, 2.45) is 0 Å². The number of hydrogen-bond donors (Lipinski definition) is 2. The van der Waals surface area contributed by atoms with Crippen LogP contribution in [0.4, 0.5) is 0 Å². The maximum Gasteiger partial charge on any atom is 0.305 e. The molecule has 0 radical (unpaired) electrons. The van der Waals surface area contributed by atoms with Gasteiger partial charge < -0.3 is 15.4 Å². The van der Waals surface area contributed by atoms with Crippen LogP contribution in [-0.2, 0) is 19.1 Å². The van der Waals surface area contributed by atoms with E-state index in [4.69, 9.17) is 4.74 Å². The highest BCUT2D eigenvalue weighted by atomic mass is 16.5. The molecule has 182 valence electrons. The standard InChI is InChI=1S/C25H48N2O4/c1-4-7-10-11-12-13-14-15-16-17-23(28)27-22(25(30)26-20-8-5-2)18-19-24(29)31-21-9-6-3/h22H,4-21H2,1-3H3,(H,26,30)(H,27,28)/t22-/m0/s1. The highest BCUT2D eigenvalue weighted by molar-refractivity contribution is 5.88. The van der Waals surface area contributed by atoms with Crippen LogP contribution < -0.4 is 10.6 Å². The van der Waals surface area contributed by atoms with Gasteiger partial charge in [-0.3, -0.25) is 14.4 Å². The number of esters is 1. The summed E-state index contributed by atoms with van der Waals surface area (Å²) in [5.41, 5.74) is 0. The van der Waals surface area contributed by atoms with Crippen molar-refractivity contribution in [3.05, 3.63) is 0 Å². The van der Waals surface area contributed by atoms with Gasteiger partial charge in [0.15, 0.2) is 0 Å². The Morgan fingerprint density at radius 3 is 1.90 bits per heavy atom. The van der Waals surface area contributed by atoms with Crippen LogP contribution in [0.15, 0.2) is 0 Å². The first-order valence-electron chi connectivity index (χ1n) is 12.8. The van der Waals surface area contributed by atoms with Gasteiger partial charge in [-0.15, -0.1) is 0 Å². The first kappa shape index (κ1) is 29.4. The van der Waals surface area contributed by atoms with Crippen LogP contribution in [0.2, 0.25) is 0 Å². The van der Waals surface area contributed by atoms with Crippen molar-refractivity contribution in [1.29, 1.82) is 0 Å². The molecule has 0 aromatic rings. The third kappa shape index (κ3) is 18.9. The highest BCUT2D eigenvalue weighted by Gasteiger charge is 2.21. The molecule has 0 saturated heterocycles. The predicted octanol–water partition coefficient (Wildman–Crippen LogP) is 5.43. The zero-order valence-electron chi connectivity index (χ0n) is 20.4. The first-order chi connectivity index (χ1) is 15.0. The average Bonchev–Trinajstić information content (AvgIpc) is 2.75. The van der Waals surface area contributed by atoms with Crippen LogP contribution >= 0.6 is 0 Å². The first-order valence-corrected chi connectivity index (χ1v) is 12.8. The molecule has 0 aliphatic carbocycles. The largest absolute Gasteiger partial charge is 0.466 e. The number of rotatable bonds is 21. The van der Waals surface area contributed by atoms with Gasteiger partial charge >= 0.3 is 5.97 Å². The molecule has 0 spiro atoms. The van der Waals surface area contributed by atoms with Crippen molar-refractivity contribution < 1.29 is 19.1 Å². The van der Waals surface area contributed by atoms with Gasteiger partial charge in [-0.05, 0) is 25.7 Å². The van der Waals surface area contributed by atoms with E-state index in [2.05, 4.69) is 24.5 Å². The fraction of sp³-hybridized carbons (Fsp3) is 0.880. The Bertz CT molecular complexity index is 468. The monoisotopic (exact) mass is 440 g/mol. The fourth-order valence-corrected chi connectivity index (χ4v) is 3.31. The number of carbonyl (C=O) groups is 3. The number of nitrogens with one attached hydrogen (secondary N) is 2. The van der Waals surface area contributed by atoms with Crippen LogP contribution in [0.25, 0.3) is 0 Å². The molecule has 31 heavy (non-hydrogen) atoms. The minimum atomic E-state index is -0.679. The van der Waals surface area contributed by atoms with Crippen molar-refractivity contribution >= 4 is 17.8 Å². The van der Waals surface area contributed by atoms with E-state index in [1.165, 1.54) is 38.5 Å². The molecule has 0 unspecified atom stereocenters. The summed E-state index contributed by atoms with van der Waals surface area (Å²) in [6.07, 6.45) is 15.3. The number of amides is 2. The van der Waals surface area contributed by atoms with E-state index in [1.807, 2.05) is 6.92 Å². The minimum absolute atomic E-state index is 0.113. The van der Waals surface area contributed by atoms with Gasteiger partial charge in [0.2, 0.25) is 11.8 Å². The Kier molecular flexibility index (Phi) is 20.5. The van der Waals surface area contributed by atoms with E-state index in [0.717, 1.165) is 44.9 Å². The van der Waals surface area contributed by atoms with Gasteiger partial charge in [-0.1, -0.05) is 85.0 Å². The zero-order valence-corrected chi connectivity index (χ0v) is 20.4. The summed E-state index contributed by atoms with van der Waals surface area (Å²) in [4.78, 5) is 36.7. The SMILES string of the molecule is CCCCCCCCCCCC(=O)N[C@@H](CCC(=O)OCCCC)C(=O)NCCCC. The van der Waals surface area contributed by atoms with Gasteiger partial charge in [-0.2, -0.15) is 0 Å². The maximum absolute atomic E-state index is 12.5. The van der Waals surface area contributed by atoms with Crippen LogP contribution in [0, 0.1) is 0 Å². The lowest BCUT2D eigenvalue weighted by Crippen LogP contribution is -2.47. The molecule has 0 bridgehead atoms. The van der Waals surface area contributed by atoms with Crippen molar-refractivity contribution in [3.63, 3.8) is 0 Å². The minimum Gasteiger partial charge on any atom is -0.466 e. The molecule has 6 heteroatoms. The summed E-state index contributed by atoms with van der Waals surface area (Å²) < 4.78 is 5.17. The Morgan fingerprint density at radius 2 is 1.29 bits per heavy atom. The third-order valence-electron chi connectivity index (χ3n) is 5.39. The highest BCUT2D eigenvalue weighted by Crippen LogP contribution is 2.11. The lowest BCUT2D eigenvalue weighted by Gasteiger charge is -2.18. The summed E-state index contributed by atoms with van der Waals surface area (Å²) in [5, 5.41) is 5.70. The average molecular weight is 441 g/mol. The number of hydrogen-bond acceptors (Lipinski definition) is 4. The molecule has 0 fully saturated rings. The quantitative estimate of drug-likeness (QED) is 0.184. The Balaban J connectivity index is 4.23. The van der Waals surface area contributed by atoms with E-state index in [9.17, 15) is 14.4 Å². The Hall–Kier alpha value is -1.59. The number of unbranched alkanes of at least 4 members (excludes halogenated alkanes) is 10. The summed E-state index contributed by atoms with van der Waals surface area (Å²) in [7, 11) is 0. The second-order valence-corrected chi connectivity index (χ2v) is 8.46. The van der Waals surface area contributed by atoms with Crippen LogP contribution in [0.5, 0.6) is 0 Å². The van der Waals surface area contributed by atoms with Crippen molar-refractivity contribution in [2.75, 3.05) is 13.2 Å². The molecule has 6 nitrogen and oxygen atoms in total. The van der Waals surface area contributed by atoms with Crippen molar-refractivity contribution in [2.45, 2.75) is 130 Å². The van der Waals surface area contributed by atoms with Crippen molar-refractivity contribution in [1.82, 2.24) is 10.6 Å². The molecule has 2 amide bonds. The molecular weight excluding hydrogens is 392 g/mol. The molecule has 0 aromatic heterocycles. The van der Waals surface area contributed by atoms with Crippen LogP contribution in [0.3, 0.4) is 0 Å². The molecular formula is C25H48N2O4. The molecule has 0 rings (SSSR count). The Labute approximate surface area is 190 Å². The van der Waals surface area contributed by atoms with Crippen LogP contribution in [-0.4, -0.2) is 37.0 Å². The molecule has 0 heterocycles. The van der Waals surface area contributed by atoms with Gasteiger partial charge in [0.25, 0.3) is 0 Å². The number of carbonyl (C=O) groups excluding carboxylic acids is 3. The van der Waals surface area contributed by atoms with E-state index in [1.54, 1.807) is 0 Å². The van der Waals surface area contributed by atoms with E-state index < -0.39 is 6.04 Å². The zero-order chi connectivity index (χ0) is 23.2. The smallest absolute Gasteiger partial charge is 0.305 e. The normalized spacial score (nSPS) is 11.7. The Morgan fingerprint density at radius 1 is 0.710 bits per heavy atom. The summed E-state index contributed by atoms with van der Waals surface area (Å²) in [6.45, 7) is 7.31. The van der Waals surface area contributed by atoms with Gasteiger partial charge in [0.05, 0.1) is 6.61 Å². The van der Waals surface area contributed by atoms with Gasteiger partial charge in [0.1, 0.15) is 6.04 Å². The van der Waals surface area contributed by atoms with Gasteiger partial charge in [0, 0.05) is 19.4 Å². The summed E-state index contributed by atoms with van der Waals surface area (Å²) in [5.74, 6) is -0.638. The third-order valence-corrected chi connectivity index (χ3v) is 5.39. The summed E-state index contributed by atoms with van der Waals surface area (Å²) in [6, 6.07) is -0.679. The van der Waals surface area contributed by atoms with E-state index >= 15 is 0 Å². The van der Waals surface area contributed by atoms with Crippen molar-refractivity contribution in [3.8, 4) is 0 Å². The molecule has 0 aliphatic heterocycles. The maximum atomic E-state index is 12.5. The van der Waals surface area contributed by atoms with E-state index in [0.29, 0.717) is 19.6 Å². The lowest BCUT2D eigenvalue weighted by molar-refractivity contribution is -0.144. The second kappa shape index (κ2) is 21.6. The fourth-order valence-electron chi connectivity index (χ4n) is 3.31. The molecule has 0 saturated carbocycles. The van der Waals surface area contributed by atoms with E-state index in [-0.39, 0.29) is 30.6 Å². The second-order valence-electron chi connectivity index (χ2n) is 8.46. The molecule has 0 aliphatic rings. The van der Waals surface area contributed by atoms with Gasteiger partial charge in [-0.25, -0.2) is 0 Å². The topological polar surface area (TPSA) is 84.5 Å². The lowest BCUT2D eigenvalue weighted by atomic mass is 10.1. The van der Waals surface area contributed by atoms with Crippen LogP contribution in [0.1, 0.15) is 124 Å². The molecule has 0 aromatic carbocycles.